The number of unbranched alkanes of at least 4 members (excludes halogenated alkanes) is 2. The van der Waals surface area contributed by atoms with Gasteiger partial charge < -0.3 is 43.6 Å². The van der Waals surface area contributed by atoms with Crippen molar-refractivity contribution < 1.29 is 48.3 Å². The molecule has 3 aromatic rings. The second-order valence-corrected chi connectivity index (χ2v) is 19.7. The van der Waals surface area contributed by atoms with Crippen LogP contribution in [0.3, 0.4) is 0 Å². The molecule has 3 aromatic carbocycles. The molecule has 0 unspecified atom stereocenters. The SMILES string of the molecule is C=CCO[C@@]12Oc3ccc(Oc4cccc(C=O)c4)cc3[C@H]3[C@H](CCCCO)[C@@H](CCCCO)C=C(C(=NOC(C)(C)C)C[C@@H]1N(Cc1ccc4c(c1)OCO4)C(=O)CCC1CCCC1)[C@H]32. The van der Waals surface area contributed by atoms with Crippen LogP contribution in [0.4, 0.5) is 0 Å². The number of benzene rings is 3. The lowest BCUT2D eigenvalue weighted by Crippen LogP contribution is -2.70. The first-order valence-corrected chi connectivity index (χ1v) is 24.2. The molecule has 66 heavy (non-hydrogen) atoms. The maximum atomic E-state index is 15.3. The molecule has 354 valence electrons. The zero-order valence-corrected chi connectivity index (χ0v) is 39.0. The molecule has 12 heteroatoms. The third-order valence-corrected chi connectivity index (χ3v) is 14.0. The summed E-state index contributed by atoms with van der Waals surface area (Å²) >= 11 is 0. The summed E-state index contributed by atoms with van der Waals surface area (Å²) in [6.07, 6.45) is 15.6. The Labute approximate surface area is 389 Å². The molecule has 8 rings (SSSR count). The maximum absolute atomic E-state index is 15.3. The van der Waals surface area contributed by atoms with Crippen LogP contribution in [-0.2, 0) is 20.9 Å². The Bertz CT molecular complexity index is 2240. The fraction of sp³-hybridized carbons (Fsp3) is 0.537. The smallest absolute Gasteiger partial charge is 0.239 e. The largest absolute Gasteiger partial charge is 0.459 e. The number of aliphatic hydroxyl groups is 2. The highest BCUT2D eigenvalue weighted by Crippen LogP contribution is 2.62. The second-order valence-electron chi connectivity index (χ2n) is 19.7. The Morgan fingerprint density at radius 3 is 2.44 bits per heavy atom. The number of amides is 1. The maximum Gasteiger partial charge on any atom is 0.239 e. The third-order valence-electron chi connectivity index (χ3n) is 14.0. The number of hydrogen-bond donors (Lipinski definition) is 2. The minimum atomic E-state index is -1.41. The Balaban J connectivity index is 1.33. The lowest BCUT2D eigenvalue weighted by Gasteiger charge is -2.60. The average molecular weight is 905 g/mol. The lowest BCUT2D eigenvalue weighted by molar-refractivity contribution is -0.258. The Morgan fingerprint density at radius 1 is 0.924 bits per heavy atom. The number of oxime groups is 1. The third kappa shape index (κ3) is 10.5. The fourth-order valence-corrected chi connectivity index (χ4v) is 11.1. The van der Waals surface area contributed by atoms with Gasteiger partial charge in [-0.3, -0.25) is 9.59 Å². The first-order valence-electron chi connectivity index (χ1n) is 24.2. The van der Waals surface area contributed by atoms with Gasteiger partial charge in [0.1, 0.15) is 35.2 Å². The average Bonchev–Trinajstić information content (AvgIpc) is 4.02. The summed E-state index contributed by atoms with van der Waals surface area (Å²) in [5.41, 5.74) is 3.45. The van der Waals surface area contributed by atoms with Gasteiger partial charge >= 0.3 is 0 Å². The molecule has 0 saturated heterocycles. The van der Waals surface area contributed by atoms with Crippen LogP contribution in [-0.4, -0.2) is 77.1 Å². The number of fused-ring (bicyclic) bond motifs is 3. The normalized spacial score (nSPS) is 24.8. The van der Waals surface area contributed by atoms with Crippen molar-refractivity contribution in [2.45, 2.75) is 134 Å². The number of ether oxygens (including phenoxy) is 5. The highest BCUT2D eigenvalue weighted by Gasteiger charge is 2.65. The van der Waals surface area contributed by atoms with E-state index in [1.807, 2.05) is 62.1 Å². The molecule has 2 heterocycles. The van der Waals surface area contributed by atoms with Crippen molar-refractivity contribution in [1.29, 1.82) is 0 Å². The van der Waals surface area contributed by atoms with E-state index in [-0.39, 0.29) is 56.8 Å². The number of hydrogen-bond acceptors (Lipinski definition) is 11. The van der Waals surface area contributed by atoms with Gasteiger partial charge in [-0.15, -0.1) is 6.58 Å². The number of aliphatic hydroxyl groups excluding tert-OH is 2. The summed E-state index contributed by atoms with van der Waals surface area (Å²) in [5.74, 6) is 1.57. The van der Waals surface area contributed by atoms with Gasteiger partial charge in [0, 0.05) is 49.6 Å². The topological polar surface area (TPSA) is 146 Å². The predicted molar refractivity (Wildman–Crippen MR) is 252 cm³/mol. The van der Waals surface area contributed by atoms with E-state index < -0.39 is 23.3 Å². The highest BCUT2D eigenvalue weighted by molar-refractivity contribution is 6.03. The molecule has 3 aliphatic carbocycles. The monoisotopic (exact) mass is 904 g/mol. The van der Waals surface area contributed by atoms with Crippen molar-refractivity contribution >= 4 is 17.9 Å². The molecule has 2 fully saturated rings. The Kier molecular flexibility index (Phi) is 15.2. The first-order chi connectivity index (χ1) is 32.0. The summed E-state index contributed by atoms with van der Waals surface area (Å²) in [6.45, 7) is 10.8. The molecule has 6 atom stereocenters. The molecule has 2 saturated carbocycles. The molecule has 12 nitrogen and oxygen atoms in total. The Morgan fingerprint density at radius 2 is 1.68 bits per heavy atom. The van der Waals surface area contributed by atoms with Gasteiger partial charge in [-0.05, 0) is 124 Å². The number of rotatable bonds is 21. The zero-order chi connectivity index (χ0) is 46.3. The molecule has 2 aliphatic heterocycles. The van der Waals surface area contributed by atoms with Gasteiger partial charge in [0.05, 0.1) is 18.2 Å². The van der Waals surface area contributed by atoms with Gasteiger partial charge in [0.25, 0.3) is 0 Å². The molecule has 1 amide bonds. The van der Waals surface area contributed by atoms with Crippen LogP contribution in [0.5, 0.6) is 28.7 Å². The van der Waals surface area contributed by atoms with Crippen LogP contribution in [0, 0.1) is 23.7 Å². The van der Waals surface area contributed by atoms with Gasteiger partial charge in [-0.25, -0.2) is 0 Å². The van der Waals surface area contributed by atoms with E-state index in [1.165, 1.54) is 12.8 Å². The summed E-state index contributed by atoms with van der Waals surface area (Å²) in [6, 6.07) is 18.2. The van der Waals surface area contributed by atoms with Crippen molar-refractivity contribution in [3.8, 4) is 28.7 Å². The van der Waals surface area contributed by atoms with E-state index >= 15 is 4.79 Å². The van der Waals surface area contributed by atoms with Crippen LogP contribution in [0.25, 0.3) is 0 Å². The number of aldehydes is 1. The number of nitrogens with zero attached hydrogens (tertiary/aromatic N) is 2. The number of carbonyl (C=O) groups excluding carboxylic acids is 2. The quantitative estimate of drug-likeness (QED) is 0.0458. The highest BCUT2D eigenvalue weighted by atomic mass is 16.7. The van der Waals surface area contributed by atoms with Crippen LogP contribution in [0.1, 0.15) is 132 Å². The molecule has 5 aliphatic rings. The van der Waals surface area contributed by atoms with Crippen LogP contribution >= 0.6 is 0 Å². The molecule has 2 N–H and O–H groups in total. The van der Waals surface area contributed by atoms with Crippen LogP contribution in [0.15, 0.2) is 90.1 Å². The molecule has 0 radical (unpaired) electrons. The summed E-state index contributed by atoms with van der Waals surface area (Å²) in [4.78, 5) is 35.4. The minimum Gasteiger partial charge on any atom is -0.459 e. The summed E-state index contributed by atoms with van der Waals surface area (Å²) < 4.78 is 32.8. The van der Waals surface area contributed by atoms with Crippen LogP contribution < -0.4 is 18.9 Å². The molecule has 0 spiro atoms. The van der Waals surface area contributed by atoms with Crippen molar-refractivity contribution in [2.24, 2.45) is 28.8 Å². The molecule has 0 aromatic heterocycles. The number of allylic oxidation sites excluding steroid dienone is 1. The van der Waals surface area contributed by atoms with Gasteiger partial charge in [-0.1, -0.05) is 74.0 Å². The molecular formula is C54H68N2O10. The minimum absolute atomic E-state index is 0.0131. The van der Waals surface area contributed by atoms with E-state index in [1.54, 1.807) is 24.3 Å². The van der Waals surface area contributed by atoms with Crippen LogP contribution in [0.2, 0.25) is 0 Å². The zero-order valence-electron chi connectivity index (χ0n) is 39.0. The van der Waals surface area contributed by atoms with E-state index in [9.17, 15) is 15.0 Å². The van der Waals surface area contributed by atoms with E-state index in [0.29, 0.717) is 65.9 Å². The van der Waals surface area contributed by atoms with Gasteiger partial charge in [0.2, 0.25) is 18.5 Å². The van der Waals surface area contributed by atoms with E-state index in [4.69, 9.17) is 33.7 Å². The van der Waals surface area contributed by atoms with Crippen molar-refractivity contribution in [2.75, 3.05) is 26.6 Å². The summed E-state index contributed by atoms with van der Waals surface area (Å²) in [5, 5.41) is 25.1. The molecule has 0 bridgehead atoms. The van der Waals surface area contributed by atoms with E-state index in [2.05, 4.69) is 18.7 Å². The molecular weight excluding hydrogens is 837 g/mol. The fourth-order valence-electron chi connectivity index (χ4n) is 11.1. The first kappa shape index (κ1) is 47.3. The second kappa shape index (κ2) is 21.2. The lowest BCUT2D eigenvalue weighted by atomic mass is 9.55. The predicted octanol–water partition coefficient (Wildman–Crippen LogP) is 10.5. The summed E-state index contributed by atoms with van der Waals surface area (Å²) in [7, 11) is 0. The van der Waals surface area contributed by atoms with Crippen molar-refractivity contribution in [1.82, 2.24) is 4.90 Å². The van der Waals surface area contributed by atoms with E-state index in [0.717, 1.165) is 73.6 Å². The van der Waals surface area contributed by atoms with Gasteiger partial charge in [-0.2, -0.15) is 0 Å². The number of carbonyl (C=O) groups is 2. The standard InChI is InChI=1S/C54H68N2O10/c1-5-27-63-54-49(56(50(60)24-20-36-13-6-7-14-36)33-37-19-22-47-48(29-37)62-35-61-47)32-45(55-66-53(2,3)4)43-30-39(16-8-10-25-57)42(18-9-11-26-58)51(52(43)54)44-31-41(21-23-46(44)65-54)64-40-17-12-15-38(28-40)34-59/h5,12,15,17,19,21-23,28-31,34,36,39,42,49,51-52,57-58H,1,6-11,13-14,16,18,20,24-27,32-33,35H2,2-4H3/t39-,42+,49-,51+,52+,54+/m0/s1. The van der Waals surface area contributed by atoms with Crippen molar-refractivity contribution in [3.63, 3.8) is 0 Å². The Hall–Kier alpha value is -5.17. The van der Waals surface area contributed by atoms with Gasteiger partial charge in [0.15, 0.2) is 11.5 Å². The van der Waals surface area contributed by atoms with Crippen molar-refractivity contribution in [3.05, 3.63) is 102 Å².